The maximum absolute atomic E-state index is 13.6. The van der Waals surface area contributed by atoms with Gasteiger partial charge < -0.3 is 14.5 Å². The monoisotopic (exact) mass is 483 g/mol. The topological polar surface area (TPSA) is 62.7 Å². The Labute approximate surface area is 207 Å². The van der Waals surface area contributed by atoms with Crippen molar-refractivity contribution in [1.82, 2.24) is 14.8 Å². The molecule has 1 aromatic heterocycles. The van der Waals surface area contributed by atoms with Crippen LogP contribution in [0.25, 0.3) is 0 Å². The first-order valence-electron chi connectivity index (χ1n) is 12.5. The second-order valence-corrected chi connectivity index (χ2v) is 9.80. The fraction of sp³-hybridized carbons (Fsp3) is 0.519. The number of amides is 2. The summed E-state index contributed by atoms with van der Waals surface area (Å²) in [6.45, 7) is 1.40. The molecule has 2 aliphatic rings. The number of carbonyl (C=O) groups excluding carboxylic acids is 2. The number of para-hydroxylation sites is 1. The molecule has 6 nitrogen and oxygen atoms in total. The van der Waals surface area contributed by atoms with E-state index in [0.717, 1.165) is 64.3 Å². The van der Waals surface area contributed by atoms with Crippen LogP contribution in [0.5, 0.6) is 5.75 Å². The standard InChI is InChI=1S/C27H34ClN3O3/c1-30-17-9-3-2-4-10-18-31(27(33)22-16-15-20(28)19-29-22)23-12-6-8-14-25(23)34-24-13-7-5-11-21(24)26(30)32/h5,7,11,13,15-16,19,23,25H,2-4,6,8-10,12,14,17-18H2,1H3/t23-,25+/m1/s1. The van der Waals surface area contributed by atoms with Crippen LogP contribution in [0.1, 0.15) is 78.6 Å². The molecule has 0 saturated heterocycles. The molecule has 34 heavy (non-hydrogen) atoms. The van der Waals surface area contributed by atoms with Gasteiger partial charge in [0.1, 0.15) is 17.5 Å². The van der Waals surface area contributed by atoms with E-state index >= 15 is 0 Å². The first-order valence-corrected chi connectivity index (χ1v) is 12.9. The number of aromatic nitrogens is 1. The van der Waals surface area contributed by atoms with Crippen molar-refractivity contribution < 1.29 is 14.3 Å². The van der Waals surface area contributed by atoms with Crippen LogP contribution in [-0.4, -0.2) is 58.9 Å². The van der Waals surface area contributed by atoms with Gasteiger partial charge in [0.25, 0.3) is 11.8 Å². The summed E-state index contributed by atoms with van der Waals surface area (Å²) in [6, 6.07) is 10.8. The van der Waals surface area contributed by atoms with Crippen LogP contribution in [-0.2, 0) is 0 Å². The summed E-state index contributed by atoms with van der Waals surface area (Å²) in [6.07, 6.45) is 10.3. The minimum atomic E-state index is -0.172. The summed E-state index contributed by atoms with van der Waals surface area (Å²) in [4.78, 5) is 34.8. The zero-order chi connectivity index (χ0) is 23.9. The van der Waals surface area contributed by atoms with Gasteiger partial charge in [0, 0.05) is 26.3 Å². The Balaban J connectivity index is 1.66. The lowest BCUT2D eigenvalue weighted by atomic mass is 9.90. The number of ether oxygens (including phenoxy) is 1. The van der Waals surface area contributed by atoms with E-state index in [4.69, 9.17) is 16.3 Å². The molecular formula is C27H34ClN3O3. The molecule has 2 aromatic rings. The molecular weight excluding hydrogens is 450 g/mol. The molecule has 0 unspecified atom stereocenters. The highest BCUT2D eigenvalue weighted by atomic mass is 35.5. The fourth-order valence-corrected chi connectivity index (χ4v) is 5.13. The van der Waals surface area contributed by atoms with Gasteiger partial charge in [0.2, 0.25) is 0 Å². The number of carbonyl (C=O) groups is 2. The Morgan fingerprint density at radius 1 is 0.971 bits per heavy atom. The number of hydrogen-bond acceptors (Lipinski definition) is 4. The van der Waals surface area contributed by atoms with E-state index in [9.17, 15) is 9.59 Å². The molecule has 182 valence electrons. The van der Waals surface area contributed by atoms with E-state index in [2.05, 4.69) is 4.98 Å². The lowest BCUT2D eigenvalue weighted by Crippen LogP contribution is -2.51. The highest BCUT2D eigenvalue weighted by molar-refractivity contribution is 6.30. The number of nitrogens with zero attached hydrogens (tertiary/aromatic N) is 3. The SMILES string of the molecule is CN1CCCCCCCN(C(=O)c2ccc(Cl)cn2)[C@@H]2CCCC[C@@H]2Oc2ccccc2C1=O. The summed E-state index contributed by atoms with van der Waals surface area (Å²) < 4.78 is 6.55. The predicted octanol–water partition coefficient (Wildman–Crippen LogP) is 5.60. The Morgan fingerprint density at radius 2 is 1.71 bits per heavy atom. The van der Waals surface area contributed by atoms with Crippen LogP contribution >= 0.6 is 11.6 Å². The van der Waals surface area contributed by atoms with Gasteiger partial charge in [0.15, 0.2) is 0 Å². The Bertz CT molecular complexity index is 981. The van der Waals surface area contributed by atoms with Crippen LogP contribution < -0.4 is 4.74 Å². The molecule has 0 N–H and O–H groups in total. The molecule has 7 heteroatoms. The fourth-order valence-electron chi connectivity index (χ4n) is 5.02. The average Bonchev–Trinajstić information content (AvgIpc) is 2.86. The minimum absolute atomic E-state index is 0.0175. The van der Waals surface area contributed by atoms with Crippen LogP contribution in [0, 0.1) is 0 Å². The number of fused-ring (bicyclic) bond motifs is 2. The first kappa shape index (κ1) is 24.5. The van der Waals surface area contributed by atoms with E-state index in [1.807, 2.05) is 36.2 Å². The number of benzene rings is 1. The lowest BCUT2D eigenvalue weighted by molar-refractivity contribution is 0.0266. The zero-order valence-corrected chi connectivity index (χ0v) is 20.7. The van der Waals surface area contributed by atoms with Crippen molar-refractivity contribution >= 4 is 23.4 Å². The van der Waals surface area contributed by atoms with Gasteiger partial charge >= 0.3 is 0 Å². The van der Waals surface area contributed by atoms with Crippen LogP contribution in [0.15, 0.2) is 42.6 Å². The van der Waals surface area contributed by atoms with Crippen molar-refractivity contribution in [1.29, 1.82) is 0 Å². The van der Waals surface area contributed by atoms with Crippen molar-refractivity contribution in [3.05, 3.63) is 58.9 Å². The summed E-state index contributed by atoms with van der Waals surface area (Å²) in [5.74, 6) is 0.504. The van der Waals surface area contributed by atoms with Crippen molar-refractivity contribution in [2.75, 3.05) is 20.1 Å². The summed E-state index contributed by atoms with van der Waals surface area (Å²) in [5.41, 5.74) is 0.991. The molecule has 1 aliphatic carbocycles. The highest BCUT2D eigenvalue weighted by Crippen LogP contribution is 2.31. The van der Waals surface area contributed by atoms with Crippen molar-refractivity contribution in [3.8, 4) is 5.75 Å². The smallest absolute Gasteiger partial charge is 0.272 e. The Kier molecular flexibility index (Phi) is 8.44. The molecule has 2 amide bonds. The van der Waals surface area contributed by atoms with E-state index < -0.39 is 0 Å². The van der Waals surface area contributed by atoms with Crippen LogP contribution in [0.4, 0.5) is 0 Å². The third-order valence-corrected chi connectivity index (χ3v) is 7.13. The van der Waals surface area contributed by atoms with Gasteiger partial charge in [0.05, 0.1) is 16.6 Å². The van der Waals surface area contributed by atoms with Crippen LogP contribution in [0.2, 0.25) is 5.02 Å². The molecule has 2 heterocycles. The van der Waals surface area contributed by atoms with E-state index in [1.165, 1.54) is 6.20 Å². The van der Waals surface area contributed by atoms with Gasteiger partial charge in [-0.1, -0.05) is 49.4 Å². The first-order chi connectivity index (χ1) is 16.5. The molecule has 0 spiro atoms. The average molecular weight is 484 g/mol. The summed E-state index contributed by atoms with van der Waals surface area (Å²) >= 11 is 6.01. The highest BCUT2D eigenvalue weighted by Gasteiger charge is 2.36. The normalized spacial score (nSPS) is 22.6. The Hall–Kier alpha value is -2.60. The molecule has 1 aliphatic heterocycles. The lowest BCUT2D eigenvalue weighted by Gasteiger charge is -2.40. The van der Waals surface area contributed by atoms with E-state index in [0.29, 0.717) is 28.6 Å². The predicted molar refractivity (Wildman–Crippen MR) is 133 cm³/mol. The quantitative estimate of drug-likeness (QED) is 0.529. The number of pyridine rings is 1. The molecule has 4 rings (SSSR count). The van der Waals surface area contributed by atoms with Crippen LogP contribution in [0.3, 0.4) is 0 Å². The molecule has 0 bridgehead atoms. The maximum atomic E-state index is 13.6. The van der Waals surface area contributed by atoms with Gasteiger partial charge in [-0.25, -0.2) is 4.98 Å². The number of halogens is 1. The molecule has 1 aromatic carbocycles. The van der Waals surface area contributed by atoms with Crippen molar-refractivity contribution in [2.24, 2.45) is 0 Å². The summed E-state index contributed by atoms with van der Waals surface area (Å²) in [7, 11) is 1.86. The Morgan fingerprint density at radius 3 is 2.50 bits per heavy atom. The van der Waals surface area contributed by atoms with Crippen molar-refractivity contribution in [3.63, 3.8) is 0 Å². The largest absolute Gasteiger partial charge is 0.487 e. The summed E-state index contributed by atoms with van der Waals surface area (Å²) in [5, 5.41) is 0.513. The molecule has 0 radical (unpaired) electrons. The maximum Gasteiger partial charge on any atom is 0.272 e. The molecule has 2 atom stereocenters. The van der Waals surface area contributed by atoms with Crippen molar-refractivity contribution in [2.45, 2.75) is 69.9 Å². The zero-order valence-electron chi connectivity index (χ0n) is 19.9. The van der Waals surface area contributed by atoms with Gasteiger partial charge in [-0.3, -0.25) is 9.59 Å². The second-order valence-electron chi connectivity index (χ2n) is 9.36. The van der Waals surface area contributed by atoms with Gasteiger partial charge in [-0.05, 0) is 56.4 Å². The third kappa shape index (κ3) is 5.90. The van der Waals surface area contributed by atoms with E-state index in [-0.39, 0.29) is 24.0 Å². The second kappa shape index (κ2) is 11.7. The minimum Gasteiger partial charge on any atom is -0.487 e. The molecule has 1 saturated carbocycles. The number of hydrogen-bond donors (Lipinski definition) is 0. The van der Waals surface area contributed by atoms with Gasteiger partial charge in [-0.15, -0.1) is 0 Å². The third-order valence-electron chi connectivity index (χ3n) is 6.91. The van der Waals surface area contributed by atoms with Gasteiger partial charge in [-0.2, -0.15) is 0 Å². The van der Waals surface area contributed by atoms with E-state index in [1.54, 1.807) is 17.0 Å². The number of rotatable bonds is 1. The molecule has 1 fully saturated rings.